The lowest BCUT2D eigenvalue weighted by Gasteiger charge is -2.07. The third-order valence-electron chi connectivity index (χ3n) is 13.5. The minimum atomic E-state index is 0.929. The molecule has 0 aliphatic carbocycles. The number of rotatable bonds is 4. The molecule has 6 nitrogen and oxygen atoms in total. The van der Waals surface area contributed by atoms with Crippen LogP contribution in [-0.2, 0) is 28.2 Å². The van der Waals surface area contributed by atoms with E-state index < -0.39 is 0 Å². The largest absolute Gasteiger partial charge is 0.248 e. The van der Waals surface area contributed by atoms with Gasteiger partial charge in [-0.15, -0.1) is 22.7 Å². The molecule has 0 radical (unpaired) electrons. The van der Waals surface area contributed by atoms with Gasteiger partial charge in [-0.25, -0.2) is 28.2 Å². The summed E-state index contributed by atoms with van der Waals surface area (Å²) >= 11 is 3.60. The van der Waals surface area contributed by atoms with Crippen LogP contribution in [0.2, 0.25) is 0 Å². The van der Waals surface area contributed by atoms with Gasteiger partial charge in [0.15, 0.2) is 24.8 Å². The van der Waals surface area contributed by atoms with Gasteiger partial charge in [0.1, 0.15) is 28.2 Å². The highest BCUT2D eigenvalue weighted by Gasteiger charge is 2.24. The molecule has 0 spiro atoms. The van der Waals surface area contributed by atoms with Crippen molar-refractivity contribution in [2.45, 2.75) is 0 Å². The molecule has 8 bridgehead atoms. The van der Waals surface area contributed by atoms with Crippen molar-refractivity contribution in [1.29, 1.82) is 0 Å². The Morgan fingerprint density at radius 3 is 0.794 bits per heavy atom. The summed E-state index contributed by atoms with van der Waals surface area (Å²) in [5.41, 5.74) is 17.2. The van der Waals surface area contributed by atoms with Crippen LogP contribution in [0.3, 0.4) is 0 Å². The molecular weight excluding hydrogens is 869 g/mol. The number of aryl methyl sites for hydroxylation is 4. The van der Waals surface area contributed by atoms with Crippen molar-refractivity contribution in [2.75, 3.05) is 0 Å². The molecule has 68 heavy (non-hydrogen) atoms. The van der Waals surface area contributed by atoms with E-state index in [1.54, 1.807) is 22.7 Å². The number of thiophene rings is 2. The normalized spacial score (nSPS) is 12.3. The number of benzene rings is 4. The molecule has 322 valence electrons. The molecule has 0 N–H and O–H groups in total. The second kappa shape index (κ2) is 15.8. The van der Waals surface area contributed by atoms with E-state index in [4.69, 9.17) is 9.97 Å². The second-order valence-electron chi connectivity index (χ2n) is 17.9. The molecule has 8 heteroatoms. The van der Waals surface area contributed by atoms with E-state index in [1.807, 2.05) is 0 Å². The smallest absolute Gasteiger partial charge is 0.212 e. The Bertz CT molecular complexity index is 3680. The van der Waals surface area contributed by atoms with Crippen LogP contribution in [-0.4, -0.2) is 9.97 Å². The Labute approximate surface area is 401 Å². The fourth-order valence-electron chi connectivity index (χ4n) is 10.4. The van der Waals surface area contributed by atoms with Crippen molar-refractivity contribution >= 4 is 109 Å². The maximum absolute atomic E-state index is 5.69. The maximum Gasteiger partial charge on any atom is 0.212 e. The molecule has 9 heterocycles. The molecule has 0 amide bonds. The van der Waals surface area contributed by atoms with Crippen LogP contribution in [0.4, 0.5) is 0 Å². The zero-order valence-corrected chi connectivity index (χ0v) is 39.6. The van der Waals surface area contributed by atoms with Crippen LogP contribution in [0.5, 0.6) is 0 Å². The van der Waals surface area contributed by atoms with Crippen LogP contribution in [0.25, 0.3) is 131 Å². The average Bonchev–Trinajstić information content (AvgIpc) is 4.21. The van der Waals surface area contributed by atoms with Crippen LogP contribution in [0.1, 0.15) is 22.8 Å². The number of nitrogens with zero attached hydrogens (tertiary/aromatic N) is 6. The van der Waals surface area contributed by atoms with Crippen LogP contribution >= 0.6 is 22.7 Å². The summed E-state index contributed by atoms with van der Waals surface area (Å²) in [6.07, 6.45) is 17.9. The summed E-state index contributed by atoms with van der Waals surface area (Å²) < 4.78 is 13.5. The number of hydrogen-bond donors (Lipinski definition) is 0. The van der Waals surface area contributed by atoms with Crippen molar-refractivity contribution in [2.24, 2.45) is 28.2 Å². The van der Waals surface area contributed by atoms with Gasteiger partial charge in [-0.3, -0.25) is 0 Å². The maximum atomic E-state index is 5.69. The SMILES string of the molecule is C[n+]1cc(-c2c3nc(c(-c4cc5ccccc5[n+](C)c4)c4ccc(s4)c(-c4cc5ccccc5[n+](C)c4)c4nc(c(-c5cc6ccccc6[n+](C)c5)c5ccc2s5)C=C4)C=C3)cc2ccccc21. The second-order valence-corrected chi connectivity index (χ2v) is 20.0. The fraction of sp³-hybridized carbons (Fsp3) is 0.0667. The van der Waals surface area contributed by atoms with E-state index in [0.29, 0.717) is 0 Å². The van der Waals surface area contributed by atoms with E-state index in [0.717, 1.165) is 86.1 Å². The summed E-state index contributed by atoms with van der Waals surface area (Å²) in [5, 5.41) is 4.70. The monoisotopic (exact) mass is 912 g/mol. The predicted octanol–water partition coefficient (Wildman–Crippen LogP) is 12.7. The minimum Gasteiger partial charge on any atom is -0.248 e. The van der Waals surface area contributed by atoms with Crippen molar-refractivity contribution in [1.82, 2.24) is 9.97 Å². The van der Waals surface area contributed by atoms with Gasteiger partial charge in [0.25, 0.3) is 0 Å². The molecule has 0 unspecified atom stereocenters. The van der Waals surface area contributed by atoms with Gasteiger partial charge >= 0.3 is 0 Å². The van der Waals surface area contributed by atoms with Gasteiger partial charge in [0, 0.05) is 109 Å². The first-order valence-electron chi connectivity index (χ1n) is 22.8. The average molecular weight is 913 g/mol. The Morgan fingerprint density at radius 2 is 0.544 bits per heavy atom. The van der Waals surface area contributed by atoms with E-state index in [9.17, 15) is 0 Å². The summed E-state index contributed by atoms with van der Waals surface area (Å²) in [6.45, 7) is 0. The van der Waals surface area contributed by atoms with Gasteiger partial charge < -0.3 is 0 Å². The van der Waals surface area contributed by atoms with Crippen molar-refractivity contribution < 1.29 is 18.3 Å². The lowest BCUT2D eigenvalue weighted by Crippen LogP contribution is -2.28. The van der Waals surface area contributed by atoms with E-state index in [1.165, 1.54) is 43.6 Å². The van der Waals surface area contributed by atoms with Crippen LogP contribution in [0.15, 0.2) is 170 Å². The van der Waals surface area contributed by atoms with Crippen LogP contribution in [0, 0.1) is 0 Å². The van der Waals surface area contributed by atoms with Crippen molar-refractivity contribution in [3.05, 3.63) is 193 Å². The summed E-state index contributed by atoms with van der Waals surface area (Å²) in [4.78, 5) is 11.4. The standard InChI is InChI=1S/C60H44N6S2/c1-63-33-41(29-37-13-5-9-17-49(37)63)57-45-21-22-46(61-45)58(42-30-38-14-6-10-18-50(38)64(2)34-42)55-27-28-56(68-55)60(44-32-40-16-8-12-20-52(40)66(4)36-44)48-24-23-47(62-48)59(54-26-25-53(57)67-54)43-31-39-15-7-11-19-51(39)65(3)35-43/h5-36H,1-4H3/q+4. The number of fused-ring (bicyclic) bond motifs is 12. The summed E-state index contributed by atoms with van der Waals surface area (Å²) in [5.74, 6) is 0. The Kier molecular flexibility index (Phi) is 9.35. The Hall–Kier alpha value is -8.04. The molecule has 0 saturated carbocycles. The third-order valence-corrected chi connectivity index (χ3v) is 15.7. The van der Waals surface area contributed by atoms with Gasteiger partial charge in [-0.05, 0) is 97.1 Å². The van der Waals surface area contributed by atoms with Crippen molar-refractivity contribution in [3.63, 3.8) is 0 Å². The highest BCUT2D eigenvalue weighted by molar-refractivity contribution is 7.24. The molecule has 11 aromatic rings. The Morgan fingerprint density at radius 1 is 0.309 bits per heavy atom. The molecule has 0 atom stereocenters. The molecule has 0 fully saturated rings. The quantitative estimate of drug-likeness (QED) is 0.165. The molecule has 13 rings (SSSR count). The topological polar surface area (TPSA) is 41.3 Å². The predicted molar refractivity (Wildman–Crippen MR) is 282 cm³/mol. The first-order chi connectivity index (χ1) is 33.3. The van der Waals surface area contributed by atoms with E-state index >= 15 is 0 Å². The highest BCUT2D eigenvalue weighted by atomic mass is 32.1. The molecule has 0 saturated heterocycles. The highest BCUT2D eigenvalue weighted by Crippen LogP contribution is 2.43. The lowest BCUT2D eigenvalue weighted by molar-refractivity contribution is -0.644. The molecule has 4 aromatic carbocycles. The molecule has 2 aliphatic rings. The molecule has 2 aliphatic heterocycles. The summed E-state index contributed by atoms with van der Waals surface area (Å²) in [7, 11) is 8.55. The van der Waals surface area contributed by atoms with Gasteiger partial charge in [0.2, 0.25) is 22.1 Å². The number of aromatic nitrogens is 6. The van der Waals surface area contributed by atoms with E-state index in [-0.39, 0.29) is 0 Å². The minimum absolute atomic E-state index is 0.929. The number of para-hydroxylation sites is 4. The third kappa shape index (κ3) is 6.67. The summed E-state index contributed by atoms with van der Waals surface area (Å²) in [6, 6.07) is 52.8. The Balaban J connectivity index is 1.21. The van der Waals surface area contributed by atoms with Gasteiger partial charge in [-0.2, -0.15) is 0 Å². The van der Waals surface area contributed by atoms with E-state index in [2.05, 4.69) is 241 Å². The van der Waals surface area contributed by atoms with Crippen LogP contribution < -0.4 is 18.3 Å². The lowest BCUT2D eigenvalue weighted by atomic mass is 10.0. The fourth-order valence-corrected chi connectivity index (χ4v) is 12.7. The first kappa shape index (κ1) is 40.3. The number of pyridine rings is 4. The molecular formula is C60H44N6S2+4. The zero-order chi connectivity index (χ0) is 45.6. The molecule has 7 aromatic heterocycles. The van der Waals surface area contributed by atoms with Crippen molar-refractivity contribution in [3.8, 4) is 44.5 Å². The number of hydrogen-bond acceptors (Lipinski definition) is 4. The first-order valence-corrected chi connectivity index (χ1v) is 24.5. The van der Waals surface area contributed by atoms with Gasteiger partial charge in [0.05, 0.1) is 22.8 Å². The van der Waals surface area contributed by atoms with Gasteiger partial charge in [-0.1, -0.05) is 48.5 Å². The zero-order valence-electron chi connectivity index (χ0n) is 38.0.